The van der Waals surface area contributed by atoms with Gasteiger partial charge in [-0.25, -0.2) is 0 Å². The molecule has 0 aliphatic rings. The van der Waals surface area contributed by atoms with E-state index in [4.69, 9.17) is 24.7 Å². The standard InChI is InChI=1S/C29H56BrN3O7/c1-2-3-4-5-6-7-8-9-10-11-12-26(29(31)36)13-17-37-21-23-39-19-15-32-27(34)14-18-38-22-24-40-20-16-33-28(35)25-30/h26H,2-25H2,1H3,(H2,31,36)(H,32,34)(H,33,35). The largest absolute Gasteiger partial charge is 0.379 e. The Hall–Kier alpha value is -1.27. The normalized spacial score (nSPS) is 11.8. The van der Waals surface area contributed by atoms with E-state index in [1.165, 1.54) is 51.4 Å². The van der Waals surface area contributed by atoms with Gasteiger partial charge in [0.25, 0.3) is 0 Å². The van der Waals surface area contributed by atoms with Crippen LogP contribution in [0.4, 0.5) is 0 Å². The van der Waals surface area contributed by atoms with Crippen LogP contribution in [-0.2, 0) is 33.3 Å². The number of primary amides is 1. The third-order valence-electron chi connectivity index (χ3n) is 6.40. The molecule has 0 aromatic carbocycles. The van der Waals surface area contributed by atoms with E-state index in [-0.39, 0.29) is 35.4 Å². The van der Waals surface area contributed by atoms with Gasteiger partial charge in [-0.05, 0) is 12.8 Å². The monoisotopic (exact) mass is 637 g/mol. The fourth-order valence-corrected chi connectivity index (χ4v) is 4.20. The van der Waals surface area contributed by atoms with Crippen molar-refractivity contribution in [3.63, 3.8) is 0 Å². The smallest absolute Gasteiger partial charge is 0.230 e. The Labute approximate surface area is 250 Å². The molecular formula is C29H56BrN3O7. The highest BCUT2D eigenvalue weighted by Crippen LogP contribution is 2.16. The zero-order valence-electron chi connectivity index (χ0n) is 24.9. The minimum atomic E-state index is -0.238. The molecule has 0 bridgehead atoms. The van der Waals surface area contributed by atoms with Crippen LogP contribution in [0.3, 0.4) is 0 Å². The van der Waals surface area contributed by atoms with Gasteiger partial charge in [-0.1, -0.05) is 87.1 Å². The molecule has 0 saturated carbocycles. The van der Waals surface area contributed by atoms with Crippen molar-refractivity contribution in [2.75, 3.05) is 71.3 Å². The van der Waals surface area contributed by atoms with E-state index in [9.17, 15) is 14.4 Å². The summed E-state index contributed by atoms with van der Waals surface area (Å²) in [5, 5.41) is 5.73. The number of unbranched alkanes of at least 4 members (excludes halogenated alkanes) is 9. The summed E-state index contributed by atoms with van der Waals surface area (Å²) in [5.41, 5.74) is 5.58. The molecule has 4 N–H and O–H groups in total. The number of carbonyl (C=O) groups is 3. The Balaban J connectivity index is 3.47. The first-order chi connectivity index (χ1) is 19.5. The molecule has 0 heterocycles. The summed E-state index contributed by atoms with van der Waals surface area (Å²) in [6, 6.07) is 0. The second-order valence-electron chi connectivity index (χ2n) is 9.89. The Morgan fingerprint density at radius 2 is 1.10 bits per heavy atom. The lowest BCUT2D eigenvalue weighted by Crippen LogP contribution is -2.29. The molecule has 0 aromatic rings. The summed E-state index contributed by atoms with van der Waals surface area (Å²) in [4.78, 5) is 34.6. The van der Waals surface area contributed by atoms with Crippen LogP contribution in [0.5, 0.6) is 0 Å². The second kappa shape index (κ2) is 30.7. The summed E-state index contributed by atoms with van der Waals surface area (Å²) in [5.74, 6) is -0.541. The molecule has 1 atom stereocenters. The first-order valence-electron chi connectivity index (χ1n) is 15.2. The lowest BCUT2D eigenvalue weighted by Gasteiger charge is -2.13. The molecule has 0 saturated heterocycles. The Morgan fingerprint density at radius 3 is 1.62 bits per heavy atom. The minimum absolute atomic E-state index is 0.0791. The average Bonchev–Trinajstić information content (AvgIpc) is 2.94. The Morgan fingerprint density at radius 1 is 0.625 bits per heavy atom. The van der Waals surface area contributed by atoms with Crippen LogP contribution in [0, 0.1) is 5.92 Å². The van der Waals surface area contributed by atoms with Gasteiger partial charge in [0.2, 0.25) is 17.7 Å². The number of hydrogen-bond donors (Lipinski definition) is 3. The van der Waals surface area contributed by atoms with Crippen molar-refractivity contribution in [3.8, 4) is 0 Å². The van der Waals surface area contributed by atoms with Crippen molar-refractivity contribution < 1.29 is 33.3 Å². The van der Waals surface area contributed by atoms with E-state index >= 15 is 0 Å². The van der Waals surface area contributed by atoms with Crippen LogP contribution in [0.2, 0.25) is 0 Å². The molecule has 11 heteroatoms. The summed E-state index contributed by atoms with van der Waals surface area (Å²) in [6.07, 6.45) is 14.5. The molecule has 40 heavy (non-hydrogen) atoms. The zero-order valence-corrected chi connectivity index (χ0v) is 26.4. The SMILES string of the molecule is CCCCCCCCCCCCC(CCOCCOCCNC(=O)CCOCCOCCNC(=O)CBr)C(N)=O. The van der Waals surface area contributed by atoms with Gasteiger partial charge in [0.1, 0.15) is 0 Å². The van der Waals surface area contributed by atoms with Gasteiger partial charge in [-0.2, -0.15) is 0 Å². The molecule has 1 unspecified atom stereocenters. The van der Waals surface area contributed by atoms with Crippen molar-refractivity contribution in [1.29, 1.82) is 0 Å². The van der Waals surface area contributed by atoms with Gasteiger partial charge >= 0.3 is 0 Å². The van der Waals surface area contributed by atoms with Gasteiger partial charge in [-0.3, -0.25) is 14.4 Å². The van der Waals surface area contributed by atoms with E-state index in [0.29, 0.717) is 72.4 Å². The number of amides is 3. The third kappa shape index (κ3) is 28.3. The van der Waals surface area contributed by atoms with E-state index in [1.807, 2.05) is 0 Å². The molecule has 236 valence electrons. The molecular weight excluding hydrogens is 582 g/mol. The Kier molecular flexibility index (Phi) is 29.7. The van der Waals surface area contributed by atoms with Gasteiger partial charge < -0.3 is 35.3 Å². The van der Waals surface area contributed by atoms with Crippen LogP contribution >= 0.6 is 15.9 Å². The maximum atomic E-state index is 11.8. The quantitative estimate of drug-likeness (QED) is 0.0774. The van der Waals surface area contributed by atoms with E-state index in [0.717, 1.165) is 19.3 Å². The van der Waals surface area contributed by atoms with E-state index in [1.54, 1.807) is 0 Å². The molecule has 0 rings (SSSR count). The number of rotatable bonds is 31. The summed E-state index contributed by atoms with van der Waals surface area (Å²) in [6.45, 7) is 6.41. The highest BCUT2D eigenvalue weighted by molar-refractivity contribution is 9.09. The van der Waals surface area contributed by atoms with Crippen molar-refractivity contribution in [3.05, 3.63) is 0 Å². The maximum Gasteiger partial charge on any atom is 0.230 e. The number of carbonyl (C=O) groups excluding carboxylic acids is 3. The fraction of sp³-hybridized carbons (Fsp3) is 0.897. The molecule has 10 nitrogen and oxygen atoms in total. The number of ether oxygens (including phenoxy) is 4. The number of halogens is 1. The second-order valence-corrected chi connectivity index (χ2v) is 10.5. The maximum absolute atomic E-state index is 11.8. The topological polar surface area (TPSA) is 138 Å². The number of alkyl halides is 1. The lowest BCUT2D eigenvalue weighted by molar-refractivity contribution is -0.123. The summed E-state index contributed by atoms with van der Waals surface area (Å²) >= 11 is 3.07. The summed E-state index contributed by atoms with van der Waals surface area (Å²) < 4.78 is 21.8. The van der Waals surface area contributed by atoms with Gasteiger partial charge in [0, 0.05) is 32.0 Å². The molecule has 0 fully saturated rings. The van der Waals surface area contributed by atoms with Crippen LogP contribution < -0.4 is 16.4 Å². The van der Waals surface area contributed by atoms with Gasteiger partial charge in [-0.15, -0.1) is 0 Å². The van der Waals surface area contributed by atoms with Crippen LogP contribution in [0.15, 0.2) is 0 Å². The fourth-order valence-electron chi connectivity index (χ4n) is 4.00. The minimum Gasteiger partial charge on any atom is -0.379 e. The zero-order chi connectivity index (χ0) is 29.5. The van der Waals surface area contributed by atoms with Crippen molar-refractivity contribution in [2.24, 2.45) is 11.7 Å². The van der Waals surface area contributed by atoms with Crippen LogP contribution in [0.25, 0.3) is 0 Å². The third-order valence-corrected chi connectivity index (χ3v) is 6.90. The number of nitrogens with one attached hydrogen (secondary N) is 2. The first kappa shape index (κ1) is 38.7. The first-order valence-corrected chi connectivity index (χ1v) is 16.3. The predicted molar refractivity (Wildman–Crippen MR) is 161 cm³/mol. The van der Waals surface area contributed by atoms with Gasteiger partial charge in [0.05, 0.1) is 51.6 Å². The van der Waals surface area contributed by atoms with Crippen LogP contribution in [-0.4, -0.2) is 89.0 Å². The van der Waals surface area contributed by atoms with Crippen molar-refractivity contribution >= 4 is 33.7 Å². The number of hydrogen-bond acceptors (Lipinski definition) is 7. The molecule has 3 amide bonds. The molecule has 0 aliphatic carbocycles. The highest BCUT2D eigenvalue weighted by atomic mass is 79.9. The van der Waals surface area contributed by atoms with E-state index in [2.05, 4.69) is 33.5 Å². The molecule has 0 aromatic heterocycles. The summed E-state index contributed by atoms with van der Waals surface area (Å²) in [7, 11) is 0. The van der Waals surface area contributed by atoms with Crippen molar-refractivity contribution in [1.82, 2.24) is 10.6 Å². The van der Waals surface area contributed by atoms with Crippen LogP contribution in [0.1, 0.15) is 90.4 Å². The van der Waals surface area contributed by atoms with Gasteiger partial charge in [0.15, 0.2) is 0 Å². The molecule has 0 aliphatic heterocycles. The number of nitrogens with two attached hydrogens (primary N) is 1. The lowest BCUT2D eigenvalue weighted by atomic mass is 9.96. The molecule has 0 spiro atoms. The van der Waals surface area contributed by atoms with Crippen molar-refractivity contribution in [2.45, 2.75) is 90.4 Å². The van der Waals surface area contributed by atoms with E-state index < -0.39 is 0 Å². The highest BCUT2D eigenvalue weighted by Gasteiger charge is 2.14. The predicted octanol–water partition coefficient (Wildman–Crippen LogP) is 3.87. The molecule has 0 radical (unpaired) electrons. The Bertz CT molecular complexity index is 614. The average molecular weight is 639 g/mol.